The van der Waals surface area contributed by atoms with E-state index in [1.54, 1.807) is 35.6 Å². The molecular formula is C26H28N4O2. The molecule has 32 heavy (non-hydrogen) atoms. The summed E-state index contributed by atoms with van der Waals surface area (Å²) in [6, 6.07) is 18.0. The highest BCUT2D eigenvalue weighted by Crippen LogP contribution is 2.26. The summed E-state index contributed by atoms with van der Waals surface area (Å²) in [6.45, 7) is 0.286. The van der Waals surface area contributed by atoms with E-state index in [2.05, 4.69) is 15.3 Å². The van der Waals surface area contributed by atoms with Gasteiger partial charge < -0.3 is 10.2 Å². The van der Waals surface area contributed by atoms with Gasteiger partial charge in [0.1, 0.15) is 0 Å². The fraction of sp³-hybridized carbons (Fsp3) is 0.308. The highest BCUT2D eigenvalue weighted by Gasteiger charge is 2.34. The van der Waals surface area contributed by atoms with Crippen LogP contribution in [0.4, 0.5) is 0 Å². The molecule has 0 spiro atoms. The zero-order valence-corrected chi connectivity index (χ0v) is 18.1. The third-order valence-corrected chi connectivity index (χ3v) is 5.85. The smallest absolute Gasteiger partial charge is 0.255 e. The third kappa shape index (κ3) is 5.38. The van der Waals surface area contributed by atoms with Crippen LogP contribution in [0.15, 0.2) is 79.3 Å². The molecule has 1 saturated carbocycles. The Kier molecular flexibility index (Phi) is 7.23. The Morgan fingerprint density at radius 3 is 2.28 bits per heavy atom. The zero-order valence-electron chi connectivity index (χ0n) is 18.1. The average molecular weight is 429 g/mol. The van der Waals surface area contributed by atoms with Gasteiger partial charge in [0.2, 0.25) is 5.91 Å². The standard InChI is InChI=1S/C26H28N4O2/c31-25(29-22-14-8-3-9-15-22)24(23-18-27-16-17-28-23)30(19-20-10-4-1-5-11-20)26(32)21-12-6-2-7-13-21/h1-2,4-7,10-13,16-18,22,24H,3,8-9,14-15,19H2,(H,29,31). The van der Waals surface area contributed by atoms with Gasteiger partial charge in [0, 0.05) is 30.5 Å². The van der Waals surface area contributed by atoms with Crippen molar-refractivity contribution in [2.75, 3.05) is 0 Å². The van der Waals surface area contributed by atoms with Crippen LogP contribution in [0.5, 0.6) is 0 Å². The summed E-state index contributed by atoms with van der Waals surface area (Å²) in [5.74, 6) is -0.429. The van der Waals surface area contributed by atoms with Crippen LogP contribution in [0.25, 0.3) is 0 Å². The van der Waals surface area contributed by atoms with Crippen LogP contribution in [0, 0.1) is 0 Å². The average Bonchev–Trinajstić information content (AvgIpc) is 2.86. The lowest BCUT2D eigenvalue weighted by atomic mass is 9.95. The summed E-state index contributed by atoms with van der Waals surface area (Å²) in [6.07, 6.45) is 10.0. The van der Waals surface area contributed by atoms with Gasteiger partial charge in [-0.2, -0.15) is 0 Å². The number of hydrogen-bond donors (Lipinski definition) is 1. The largest absolute Gasteiger partial charge is 0.351 e. The summed E-state index contributed by atoms with van der Waals surface area (Å²) in [5, 5.41) is 3.19. The molecule has 1 aromatic heterocycles. The van der Waals surface area contributed by atoms with Crippen molar-refractivity contribution in [2.45, 2.75) is 50.7 Å². The van der Waals surface area contributed by atoms with Crippen LogP contribution in [0.2, 0.25) is 0 Å². The maximum atomic E-state index is 13.7. The van der Waals surface area contributed by atoms with E-state index >= 15 is 0 Å². The van der Waals surface area contributed by atoms with Crippen LogP contribution < -0.4 is 5.32 Å². The van der Waals surface area contributed by atoms with Crippen molar-refractivity contribution in [2.24, 2.45) is 0 Å². The van der Waals surface area contributed by atoms with Crippen molar-refractivity contribution >= 4 is 11.8 Å². The quantitative estimate of drug-likeness (QED) is 0.609. The van der Waals surface area contributed by atoms with Crippen molar-refractivity contribution in [3.8, 4) is 0 Å². The van der Waals surface area contributed by atoms with Gasteiger partial charge in [-0.15, -0.1) is 0 Å². The van der Waals surface area contributed by atoms with Crippen LogP contribution in [0.1, 0.15) is 59.8 Å². The van der Waals surface area contributed by atoms with Gasteiger partial charge in [-0.3, -0.25) is 19.6 Å². The number of rotatable bonds is 7. The Labute approximate surface area is 188 Å². The molecule has 6 heteroatoms. The monoisotopic (exact) mass is 428 g/mol. The molecule has 1 aliphatic carbocycles. The lowest BCUT2D eigenvalue weighted by molar-refractivity contribution is -0.127. The van der Waals surface area contributed by atoms with E-state index in [-0.39, 0.29) is 24.4 Å². The minimum absolute atomic E-state index is 0.126. The Bertz CT molecular complexity index is 1010. The van der Waals surface area contributed by atoms with E-state index in [9.17, 15) is 9.59 Å². The second-order valence-corrected chi connectivity index (χ2v) is 8.16. The van der Waals surface area contributed by atoms with Crippen LogP contribution >= 0.6 is 0 Å². The van der Waals surface area contributed by atoms with Gasteiger partial charge in [0.15, 0.2) is 6.04 Å². The van der Waals surface area contributed by atoms with Crippen molar-refractivity contribution in [1.29, 1.82) is 0 Å². The number of nitrogens with one attached hydrogen (secondary N) is 1. The lowest BCUT2D eigenvalue weighted by Crippen LogP contribution is -2.47. The molecule has 1 fully saturated rings. The summed E-state index contributed by atoms with van der Waals surface area (Å²) in [5.41, 5.74) is 1.93. The number of nitrogens with zero attached hydrogens (tertiary/aromatic N) is 3. The Morgan fingerprint density at radius 1 is 0.938 bits per heavy atom. The molecule has 0 aliphatic heterocycles. The van der Waals surface area contributed by atoms with E-state index in [4.69, 9.17) is 0 Å². The van der Waals surface area contributed by atoms with Gasteiger partial charge in [0.25, 0.3) is 5.91 Å². The first-order valence-electron chi connectivity index (χ1n) is 11.2. The molecule has 3 aromatic rings. The van der Waals surface area contributed by atoms with E-state index < -0.39 is 6.04 Å². The molecule has 164 valence electrons. The van der Waals surface area contributed by atoms with Crippen molar-refractivity contribution in [1.82, 2.24) is 20.2 Å². The number of benzene rings is 2. The Morgan fingerprint density at radius 2 is 1.62 bits per heavy atom. The molecule has 0 saturated heterocycles. The number of aromatic nitrogens is 2. The predicted octanol–water partition coefficient (Wildman–Crippen LogP) is 4.31. The molecule has 2 amide bonds. The minimum Gasteiger partial charge on any atom is -0.351 e. The fourth-order valence-electron chi connectivity index (χ4n) is 4.22. The first kappa shape index (κ1) is 21.7. The number of carbonyl (C=O) groups excluding carboxylic acids is 2. The lowest BCUT2D eigenvalue weighted by Gasteiger charge is -2.32. The number of amides is 2. The zero-order chi connectivity index (χ0) is 22.2. The van der Waals surface area contributed by atoms with Gasteiger partial charge in [0.05, 0.1) is 11.9 Å². The van der Waals surface area contributed by atoms with E-state index in [1.165, 1.54) is 6.42 Å². The van der Waals surface area contributed by atoms with Gasteiger partial charge in [-0.05, 0) is 30.5 Å². The maximum absolute atomic E-state index is 13.7. The second-order valence-electron chi connectivity index (χ2n) is 8.16. The molecule has 6 nitrogen and oxygen atoms in total. The van der Waals surface area contributed by atoms with Crippen LogP contribution in [-0.4, -0.2) is 32.7 Å². The molecule has 1 atom stereocenters. The number of hydrogen-bond acceptors (Lipinski definition) is 4. The third-order valence-electron chi connectivity index (χ3n) is 5.85. The highest BCUT2D eigenvalue weighted by atomic mass is 16.2. The van der Waals surface area contributed by atoms with Crippen molar-refractivity contribution in [3.63, 3.8) is 0 Å². The van der Waals surface area contributed by atoms with Gasteiger partial charge in [-0.25, -0.2) is 0 Å². The predicted molar refractivity (Wildman–Crippen MR) is 123 cm³/mol. The fourth-order valence-corrected chi connectivity index (χ4v) is 4.22. The van der Waals surface area contributed by atoms with E-state index in [0.29, 0.717) is 11.3 Å². The van der Waals surface area contributed by atoms with Crippen molar-refractivity contribution < 1.29 is 9.59 Å². The van der Waals surface area contributed by atoms with Gasteiger partial charge >= 0.3 is 0 Å². The molecule has 0 radical (unpaired) electrons. The number of carbonyl (C=O) groups is 2. The first-order chi connectivity index (χ1) is 15.7. The summed E-state index contributed by atoms with van der Waals surface area (Å²) in [7, 11) is 0. The topological polar surface area (TPSA) is 75.2 Å². The molecular weight excluding hydrogens is 400 g/mol. The SMILES string of the molecule is O=C(NC1CCCCC1)C(c1cnccn1)N(Cc1ccccc1)C(=O)c1ccccc1. The maximum Gasteiger partial charge on any atom is 0.255 e. The minimum atomic E-state index is -0.876. The Balaban J connectivity index is 1.71. The molecule has 1 heterocycles. The van der Waals surface area contributed by atoms with Gasteiger partial charge in [-0.1, -0.05) is 67.8 Å². The second kappa shape index (κ2) is 10.7. The summed E-state index contributed by atoms with van der Waals surface area (Å²) >= 11 is 0. The summed E-state index contributed by atoms with van der Waals surface area (Å²) < 4.78 is 0. The highest BCUT2D eigenvalue weighted by molar-refractivity contribution is 5.97. The normalized spacial score (nSPS) is 15.0. The molecule has 1 unspecified atom stereocenters. The molecule has 1 aliphatic rings. The molecule has 2 aromatic carbocycles. The van der Waals surface area contributed by atoms with E-state index in [1.807, 2.05) is 48.5 Å². The van der Waals surface area contributed by atoms with Crippen LogP contribution in [0.3, 0.4) is 0 Å². The van der Waals surface area contributed by atoms with Crippen LogP contribution in [-0.2, 0) is 11.3 Å². The van der Waals surface area contributed by atoms with E-state index in [0.717, 1.165) is 31.2 Å². The summed E-state index contributed by atoms with van der Waals surface area (Å²) in [4.78, 5) is 37.5. The first-order valence-corrected chi connectivity index (χ1v) is 11.2. The Hall–Kier alpha value is -3.54. The van der Waals surface area contributed by atoms with Crippen molar-refractivity contribution in [3.05, 3.63) is 96.1 Å². The molecule has 4 rings (SSSR count). The molecule has 1 N–H and O–H groups in total. The molecule has 0 bridgehead atoms.